The second-order valence-corrected chi connectivity index (χ2v) is 8.84. The molecular weight excluding hydrogens is 490 g/mol. The lowest BCUT2D eigenvalue weighted by Crippen LogP contribution is -2.29. The van der Waals surface area contributed by atoms with Crippen LogP contribution in [0.3, 0.4) is 0 Å². The number of nitrogens with one attached hydrogen (secondary N) is 3. The molecule has 1 amide bonds. The van der Waals surface area contributed by atoms with Gasteiger partial charge in [-0.05, 0) is 42.7 Å². The Kier molecular flexibility index (Phi) is 7.03. The van der Waals surface area contributed by atoms with E-state index < -0.39 is 23.2 Å². The lowest BCUT2D eigenvalue weighted by atomic mass is 9.87. The highest BCUT2D eigenvalue weighted by atomic mass is 16.7. The van der Waals surface area contributed by atoms with Crippen LogP contribution in [-0.4, -0.2) is 46.9 Å². The van der Waals surface area contributed by atoms with Crippen LogP contribution in [-0.2, 0) is 16.0 Å². The largest absolute Gasteiger partial charge is 0.506 e. The first-order valence-corrected chi connectivity index (χ1v) is 12.3. The zero-order valence-corrected chi connectivity index (χ0v) is 20.7. The summed E-state index contributed by atoms with van der Waals surface area (Å²) in [6.07, 6.45) is 3.48. The van der Waals surface area contributed by atoms with Gasteiger partial charge in [-0.3, -0.25) is 9.59 Å². The minimum absolute atomic E-state index is 0.0575. The summed E-state index contributed by atoms with van der Waals surface area (Å²) in [5.74, 6) is -1.51. The molecule has 5 rings (SSSR count). The van der Waals surface area contributed by atoms with Crippen LogP contribution >= 0.6 is 0 Å². The number of benzene rings is 2. The average molecular weight is 518 g/mol. The van der Waals surface area contributed by atoms with Gasteiger partial charge in [0, 0.05) is 42.2 Å². The third kappa shape index (κ3) is 4.93. The Balaban J connectivity index is 1.41. The first-order chi connectivity index (χ1) is 18.5. The van der Waals surface area contributed by atoms with Crippen molar-refractivity contribution in [1.29, 1.82) is 0 Å². The van der Waals surface area contributed by atoms with Gasteiger partial charge in [-0.2, -0.15) is 0 Å². The fraction of sp³-hybridized carbons (Fsp3) is 0.250. The van der Waals surface area contributed by atoms with Gasteiger partial charge in [-0.25, -0.2) is 4.79 Å². The standard InChI is InChI=1S/C28H27N3O7/c1-2-36-28(35)20-14-31-27(34)25(26(20)33)19(16-7-8-22-23(11-16)38-15-37-22)12-24(32)29-10-9-17-13-30-21-6-4-3-5-18(17)21/h3-8,11,13-14,19,30H,2,9-10,12,15H2,1H3,(H,29,32)(H2,31,33,34). The summed E-state index contributed by atoms with van der Waals surface area (Å²) in [5.41, 5.74) is 1.72. The zero-order chi connectivity index (χ0) is 26.6. The van der Waals surface area contributed by atoms with E-state index in [4.69, 9.17) is 14.2 Å². The number of hydrogen-bond donors (Lipinski definition) is 4. The van der Waals surface area contributed by atoms with Gasteiger partial charge in [0.2, 0.25) is 12.7 Å². The van der Waals surface area contributed by atoms with Crippen LogP contribution in [0.25, 0.3) is 10.9 Å². The highest BCUT2D eigenvalue weighted by Crippen LogP contribution is 2.39. The lowest BCUT2D eigenvalue weighted by Gasteiger charge is -2.19. The lowest BCUT2D eigenvalue weighted by molar-refractivity contribution is -0.121. The highest BCUT2D eigenvalue weighted by Gasteiger charge is 2.29. The van der Waals surface area contributed by atoms with Crippen LogP contribution in [0.4, 0.5) is 0 Å². The molecule has 0 spiro atoms. The normalized spacial score (nSPS) is 12.9. The van der Waals surface area contributed by atoms with Crippen molar-refractivity contribution in [2.75, 3.05) is 19.9 Å². The van der Waals surface area contributed by atoms with Crippen LogP contribution in [0.1, 0.15) is 46.3 Å². The molecule has 0 saturated carbocycles. The Bertz CT molecular complexity index is 1560. The average Bonchev–Trinajstić information content (AvgIpc) is 3.55. The molecule has 2 aromatic heterocycles. The molecule has 0 fully saturated rings. The highest BCUT2D eigenvalue weighted by molar-refractivity contribution is 5.92. The molecule has 0 saturated heterocycles. The molecule has 3 heterocycles. The predicted octanol–water partition coefficient (Wildman–Crippen LogP) is 3.35. The summed E-state index contributed by atoms with van der Waals surface area (Å²) in [4.78, 5) is 44.2. The van der Waals surface area contributed by atoms with Crippen molar-refractivity contribution in [2.24, 2.45) is 0 Å². The number of rotatable bonds is 9. The van der Waals surface area contributed by atoms with E-state index in [1.807, 2.05) is 30.5 Å². The van der Waals surface area contributed by atoms with Crippen LogP contribution in [0.2, 0.25) is 0 Å². The van der Waals surface area contributed by atoms with Crippen molar-refractivity contribution in [3.8, 4) is 17.2 Å². The van der Waals surface area contributed by atoms with E-state index in [0.29, 0.717) is 30.0 Å². The number of ether oxygens (including phenoxy) is 3. The third-order valence-electron chi connectivity index (χ3n) is 6.53. The quantitative estimate of drug-likeness (QED) is 0.249. The molecule has 1 aliphatic rings. The number of amides is 1. The van der Waals surface area contributed by atoms with E-state index in [2.05, 4.69) is 15.3 Å². The Morgan fingerprint density at radius 3 is 2.76 bits per heavy atom. The number of fused-ring (bicyclic) bond motifs is 2. The van der Waals surface area contributed by atoms with Crippen molar-refractivity contribution < 1.29 is 28.9 Å². The van der Waals surface area contributed by atoms with Gasteiger partial charge in [-0.15, -0.1) is 0 Å². The van der Waals surface area contributed by atoms with E-state index in [1.165, 1.54) is 0 Å². The molecule has 196 valence electrons. The van der Waals surface area contributed by atoms with Crippen molar-refractivity contribution in [2.45, 2.75) is 25.7 Å². The number of esters is 1. The minimum Gasteiger partial charge on any atom is -0.506 e. The number of hydrogen-bond acceptors (Lipinski definition) is 7. The fourth-order valence-corrected chi connectivity index (χ4v) is 4.67. The van der Waals surface area contributed by atoms with Crippen LogP contribution in [0, 0.1) is 0 Å². The maximum Gasteiger partial charge on any atom is 0.343 e. The summed E-state index contributed by atoms with van der Waals surface area (Å²) < 4.78 is 15.9. The van der Waals surface area contributed by atoms with E-state index in [0.717, 1.165) is 22.7 Å². The second kappa shape index (κ2) is 10.7. The smallest absolute Gasteiger partial charge is 0.343 e. The second-order valence-electron chi connectivity index (χ2n) is 8.84. The summed E-state index contributed by atoms with van der Waals surface area (Å²) in [6.45, 7) is 2.16. The van der Waals surface area contributed by atoms with Crippen LogP contribution < -0.4 is 20.3 Å². The van der Waals surface area contributed by atoms with Crippen LogP contribution in [0.15, 0.2) is 59.7 Å². The minimum atomic E-state index is -0.879. The first-order valence-electron chi connectivity index (χ1n) is 12.3. The first kappa shape index (κ1) is 24.9. The number of para-hydroxylation sites is 1. The van der Waals surface area contributed by atoms with Gasteiger partial charge in [0.15, 0.2) is 11.5 Å². The van der Waals surface area contributed by atoms with Crippen molar-refractivity contribution in [3.05, 3.63) is 87.5 Å². The molecule has 10 heteroatoms. The number of pyridine rings is 1. The Labute approximate surface area is 217 Å². The molecule has 1 unspecified atom stereocenters. The third-order valence-corrected chi connectivity index (χ3v) is 6.53. The van der Waals surface area contributed by atoms with Gasteiger partial charge >= 0.3 is 5.97 Å². The number of aromatic hydroxyl groups is 1. The summed E-state index contributed by atoms with van der Waals surface area (Å²) in [5, 5.41) is 15.0. The topological polar surface area (TPSA) is 143 Å². The van der Waals surface area contributed by atoms with Gasteiger partial charge in [0.1, 0.15) is 11.3 Å². The van der Waals surface area contributed by atoms with Gasteiger partial charge in [0.05, 0.1) is 12.2 Å². The molecule has 0 radical (unpaired) electrons. The molecule has 0 bridgehead atoms. The number of carbonyl (C=O) groups excluding carboxylic acids is 2. The Hall–Kier alpha value is -4.73. The number of aromatic amines is 2. The van der Waals surface area contributed by atoms with Crippen molar-refractivity contribution in [1.82, 2.24) is 15.3 Å². The van der Waals surface area contributed by atoms with Crippen LogP contribution in [0.5, 0.6) is 17.2 Å². The number of H-pyrrole nitrogens is 2. The Morgan fingerprint density at radius 1 is 1.11 bits per heavy atom. The molecular formula is C28H27N3O7. The molecule has 38 heavy (non-hydrogen) atoms. The number of aromatic nitrogens is 2. The van der Waals surface area contributed by atoms with E-state index in [9.17, 15) is 19.5 Å². The molecule has 2 aromatic carbocycles. The van der Waals surface area contributed by atoms with E-state index in [1.54, 1.807) is 25.1 Å². The molecule has 0 aliphatic carbocycles. The van der Waals surface area contributed by atoms with Crippen molar-refractivity contribution >= 4 is 22.8 Å². The maximum atomic E-state index is 13.1. The van der Waals surface area contributed by atoms with Gasteiger partial charge in [-0.1, -0.05) is 24.3 Å². The van der Waals surface area contributed by atoms with Crippen molar-refractivity contribution in [3.63, 3.8) is 0 Å². The molecule has 10 nitrogen and oxygen atoms in total. The SMILES string of the molecule is CCOC(=O)c1c[nH]c(=O)c(C(CC(=O)NCCc2c[nH]c3ccccc23)c2ccc3c(c2)OCO3)c1O. The molecule has 1 aliphatic heterocycles. The fourth-order valence-electron chi connectivity index (χ4n) is 4.67. The van der Waals surface area contributed by atoms with E-state index in [-0.39, 0.29) is 36.9 Å². The summed E-state index contributed by atoms with van der Waals surface area (Å²) in [7, 11) is 0. The zero-order valence-electron chi connectivity index (χ0n) is 20.7. The van der Waals surface area contributed by atoms with Gasteiger partial charge < -0.3 is 34.6 Å². The van der Waals surface area contributed by atoms with Gasteiger partial charge in [0.25, 0.3) is 5.56 Å². The number of carbonyl (C=O) groups is 2. The summed E-state index contributed by atoms with van der Waals surface area (Å²) >= 11 is 0. The summed E-state index contributed by atoms with van der Waals surface area (Å²) in [6, 6.07) is 13.0. The predicted molar refractivity (Wildman–Crippen MR) is 139 cm³/mol. The monoisotopic (exact) mass is 517 g/mol. The molecule has 4 aromatic rings. The molecule has 1 atom stereocenters. The van der Waals surface area contributed by atoms with E-state index >= 15 is 0 Å². The Morgan fingerprint density at radius 2 is 1.92 bits per heavy atom. The molecule has 4 N–H and O–H groups in total. The maximum absolute atomic E-state index is 13.1.